The van der Waals surface area contributed by atoms with Crippen molar-refractivity contribution in [1.29, 1.82) is 0 Å². The number of quaternary nitrogens is 1. The predicted molar refractivity (Wildman–Crippen MR) is 122 cm³/mol. The Kier molecular flexibility index (Phi) is 6.90. The van der Waals surface area contributed by atoms with Crippen molar-refractivity contribution in [2.45, 2.75) is 11.3 Å². The predicted octanol–water partition coefficient (Wildman–Crippen LogP) is 2.32. The van der Waals surface area contributed by atoms with Crippen LogP contribution in [0.5, 0.6) is 0 Å². The van der Waals surface area contributed by atoms with E-state index in [0.717, 1.165) is 18.8 Å². The van der Waals surface area contributed by atoms with Crippen molar-refractivity contribution in [1.82, 2.24) is 10.4 Å². The van der Waals surface area contributed by atoms with Gasteiger partial charge in [0.2, 0.25) is 5.91 Å². The van der Waals surface area contributed by atoms with E-state index < -0.39 is 0 Å². The van der Waals surface area contributed by atoms with E-state index in [1.807, 2.05) is 18.2 Å². The van der Waals surface area contributed by atoms with Gasteiger partial charge in [0.15, 0.2) is 0 Å². The highest BCUT2D eigenvalue weighted by atomic mass is 32.2. The second kappa shape index (κ2) is 10.2. The zero-order valence-corrected chi connectivity index (χ0v) is 17.5. The molecule has 0 spiro atoms. The first-order chi connectivity index (χ1) is 14.8. The van der Waals surface area contributed by atoms with Crippen molar-refractivity contribution < 1.29 is 9.69 Å². The number of hydrogen-bond acceptors (Lipinski definition) is 4. The fourth-order valence-corrected chi connectivity index (χ4v) is 4.80. The average molecular weight is 418 g/mol. The molecule has 2 aromatic carbocycles. The number of carbonyl (C=O) groups excluding carboxylic acids is 1. The number of carbonyl (C=O) groups is 1. The van der Waals surface area contributed by atoms with Crippen molar-refractivity contribution in [2.75, 3.05) is 18.8 Å². The van der Waals surface area contributed by atoms with Crippen molar-refractivity contribution in [3.05, 3.63) is 102 Å². The Morgan fingerprint density at radius 2 is 1.67 bits per heavy atom. The molecule has 5 nitrogen and oxygen atoms in total. The summed E-state index contributed by atoms with van der Waals surface area (Å²) in [6, 6.07) is 27.3. The molecule has 0 saturated carbocycles. The zero-order chi connectivity index (χ0) is 20.6. The van der Waals surface area contributed by atoms with Crippen molar-refractivity contribution in [3.63, 3.8) is 0 Å². The number of nitrogens with one attached hydrogen (secondary N) is 2. The molecule has 1 aliphatic heterocycles. The fourth-order valence-electron chi connectivity index (χ4n) is 3.68. The van der Waals surface area contributed by atoms with Gasteiger partial charge in [0.1, 0.15) is 11.3 Å². The number of benzene rings is 2. The highest BCUT2D eigenvalue weighted by Crippen LogP contribution is 2.22. The van der Waals surface area contributed by atoms with Crippen molar-refractivity contribution >= 4 is 23.9 Å². The number of hydrazone groups is 1. The highest BCUT2D eigenvalue weighted by Gasteiger charge is 2.38. The molecule has 0 bridgehead atoms. The van der Waals surface area contributed by atoms with E-state index in [1.54, 1.807) is 29.1 Å². The molecule has 1 aromatic heterocycles. The van der Waals surface area contributed by atoms with E-state index >= 15 is 0 Å². The third-order valence-electron chi connectivity index (χ3n) is 5.18. The van der Waals surface area contributed by atoms with Gasteiger partial charge >= 0.3 is 0 Å². The lowest BCUT2D eigenvalue weighted by molar-refractivity contribution is -0.960. The summed E-state index contributed by atoms with van der Waals surface area (Å²) in [5.74, 6) is 0.335. The minimum Gasteiger partial charge on any atom is -0.323 e. The number of aromatic nitrogens is 1. The molecule has 6 heteroatoms. The van der Waals surface area contributed by atoms with E-state index in [-0.39, 0.29) is 5.91 Å². The van der Waals surface area contributed by atoms with Gasteiger partial charge < -0.3 is 4.90 Å². The van der Waals surface area contributed by atoms with Crippen LogP contribution in [-0.2, 0) is 4.79 Å². The first kappa shape index (κ1) is 20.3. The third-order valence-corrected chi connectivity index (χ3v) is 6.41. The van der Waals surface area contributed by atoms with E-state index in [9.17, 15) is 4.79 Å². The fraction of sp³-hybridized carbons (Fsp3) is 0.208. The summed E-state index contributed by atoms with van der Waals surface area (Å²) >= 11 is 1.71. The quantitative estimate of drug-likeness (QED) is 0.437. The van der Waals surface area contributed by atoms with Crippen molar-refractivity contribution in [2.24, 2.45) is 5.10 Å². The van der Waals surface area contributed by atoms with Gasteiger partial charge in [-0.05, 0) is 12.1 Å². The average Bonchev–Trinajstić information content (AvgIpc) is 2.77. The first-order valence-corrected chi connectivity index (χ1v) is 11.1. The summed E-state index contributed by atoms with van der Waals surface area (Å²) in [6.07, 6.45) is 3.25. The summed E-state index contributed by atoms with van der Waals surface area (Å²) in [5.41, 5.74) is 5.98. The Balaban J connectivity index is 1.27. The number of pyridine rings is 1. The summed E-state index contributed by atoms with van der Waals surface area (Å²) in [4.78, 5) is 17.7. The number of likely N-dealkylation sites (tertiary alicyclic amines) is 1. The second-order valence-corrected chi connectivity index (χ2v) is 8.59. The second-order valence-electron chi connectivity index (χ2n) is 7.30. The van der Waals surface area contributed by atoms with Crippen LogP contribution in [0.2, 0.25) is 0 Å². The number of amides is 1. The number of nitrogens with zero attached hydrogens (tertiary/aromatic N) is 2. The highest BCUT2D eigenvalue weighted by molar-refractivity contribution is 8.00. The molecule has 2 heterocycles. The maximum atomic E-state index is 12.1. The lowest BCUT2D eigenvalue weighted by atomic mass is 9.94. The normalized spacial score (nSPS) is 18.3. The Morgan fingerprint density at radius 3 is 2.27 bits per heavy atom. The molecule has 3 aromatic rings. The Bertz CT molecular complexity index is 921. The van der Waals surface area contributed by atoms with E-state index in [0.29, 0.717) is 17.0 Å². The maximum absolute atomic E-state index is 12.1. The summed E-state index contributed by atoms with van der Waals surface area (Å²) < 4.78 is 0. The van der Waals surface area contributed by atoms with Gasteiger partial charge in [0.25, 0.3) is 0 Å². The first-order valence-electron chi connectivity index (χ1n) is 10.1. The van der Waals surface area contributed by atoms with Crippen molar-refractivity contribution in [3.8, 4) is 0 Å². The molecule has 0 atom stereocenters. The summed E-state index contributed by atoms with van der Waals surface area (Å²) in [6.45, 7) is 2.09. The van der Waals surface area contributed by atoms with Gasteiger partial charge in [-0.3, -0.25) is 9.78 Å². The molecule has 152 valence electrons. The molecule has 0 unspecified atom stereocenters. The molecule has 0 aliphatic carbocycles. The van der Waals surface area contributed by atoms with E-state index in [1.165, 1.54) is 11.1 Å². The standard InChI is InChI=1S/C24H24N4OS/c29-23(27-26-15-21-13-7-8-14-25-21)18-30-22-16-28(17-22)24(19-9-3-1-4-10-19)20-11-5-2-6-12-20/h1-15,22,24H,16-18H2,(H,27,29)/p+1/b26-15-. The minimum atomic E-state index is -0.0803. The Labute approximate surface area is 181 Å². The zero-order valence-electron chi connectivity index (χ0n) is 16.6. The van der Waals surface area contributed by atoms with Crippen LogP contribution in [-0.4, -0.2) is 41.2 Å². The molecule has 0 radical (unpaired) electrons. The van der Waals surface area contributed by atoms with Gasteiger partial charge in [-0.2, -0.15) is 5.10 Å². The van der Waals surface area contributed by atoms with Gasteiger partial charge in [-0.25, -0.2) is 5.43 Å². The topological polar surface area (TPSA) is 58.8 Å². The lowest BCUT2D eigenvalue weighted by Crippen LogP contribution is -3.21. The Morgan fingerprint density at radius 1 is 1.03 bits per heavy atom. The molecular formula is C24H25N4OS+. The van der Waals surface area contributed by atoms with Crippen LogP contribution in [0, 0.1) is 0 Å². The van der Waals surface area contributed by atoms with Gasteiger partial charge in [-0.15, -0.1) is 11.8 Å². The molecule has 1 amide bonds. The minimum absolute atomic E-state index is 0.0803. The lowest BCUT2D eigenvalue weighted by Gasteiger charge is -2.40. The molecule has 1 aliphatic rings. The summed E-state index contributed by atoms with van der Waals surface area (Å²) in [7, 11) is 0. The smallest absolute Gasteiger partial charge is 0.250 e. The molecular weight excluding hydrogens is 392 g/mol. The Hall–Kier alpha value is -2.96. The molecule has 1 saturated heterocycles. The van der Waals surface area contributed by atoms with Crippen LogP contribution in [0.1, 0.15) is 22.9 Å². The molecule has 1 fully saturated rings. The SMILES string of the molecule is O=C(CSC1C[NH+](C(c2ccccc2)c2ccccc2)C1)N/N=C\c1ccccn1. The molecule has 30 heavy (non-hydrogen) atoms. The van der Waals surface area contributed by atoms with E-state index in [4.69, 9.17) is 0 Å². The van der Waals surface area contributed by atoms with Gasteiger partial charge in [0.05, 0.1) is 30.8 Å². The monoisotopic (exact) mass is 417 g/mol. The number of thioether (sulfide) groups is 1. The largest absolute Gasteiger partial charge is 0.323 e. The number of hydrogen-bond donors (Lipinski definition) is 2. The van der Waals surface area contributed by atoms with Crippen LogP contribution in [0.25, 0.3) is 0 Å². The summed E-state index contributed by atoms with van der Waals surface area (Å²) in [5, 5.41) is 4.47. The molecule has 4 rings (SSSR count). The van der Waals surface area contributed by atoms with E-state index in [2.05, 4.69) is 76.2 Å². The maximum Gasteiger partial charge on any atom is 0.250 e. The van der Waals surface area contributed by atoms with Crippen LogP contribution in [0.15, 0.2) is 90.2 Å². The van der Waals surface area contributed by atoms with Gasteiger partial charge in [-0.1, -0.05) is 66.7 Å². The van der Waals surface area contributed by atoms with Crippen LogP contribution in [0.3, 0.4) is 0 Å². The third kappa shape index (κ3) is 5.34. The van der Waals surface area contributed by atoms with Crippen LogP contribution >= 0.6 is 11.8 Å². The van der Waals surface area contributed by atoms with Crippen LogP contribution < -0.4 is 10.3 Å². The van der Waals surface area contributed by atoms with Gasteiger partial charge in [0, 0.05) is 17.3 Å². The van der Waals surface area contributed by atoms with Crippen LogP contribution in [0.4, 0.5) is 0 Å². The molecule has 2 N–H and O–H groups in total. The number of rotatable bonds is 8.